The van der Waals surface area contributed by atoms with Gasteiger partial charge in [0, 0.05) is 6.42 Å². The molecule has 1 aromatic heterocycles. The van der Waals surface area contributed by atoms with Crippen LogP contribution >= 0.6 is 0 Å². The molecule has 100 valence electrons. The summed E-state index contributed by atoms with van der Waals surface area (Å²) in [5.41, 5.74) is 3.19. The molecule has 0 saturated carbocycles. The van der Waals surface area contributed by atoms with E-state index in [9.17, 15) is 4.79 Å². The van der Waals surface area contributed by atoms with Crippen LogP contribution in [0.25, 0.3) is 5.69 Å². The molecule has 0 unspecified atom stereocenters. The zero-order chi connectivity index (χ0) is 14.0. The third-order valence-electron chi connectivity index (χ3n) is 3.07. The maximum Gasteiger partial charge on any atom is 0.375 e. The van der Waals surface area contributed by atoms with Crippen LogP contribution in [0.1, 0.15) is 40.9 Å². The van der Waals surface area contributed by atoms with Gasteiger partial charge in [-0.3, -0.25) is 0 Å². The molecule has 0 fully saturated rings. The molecule has 2 aromatic rings. The van der Waals surface area contributed by atoms with E-state index in [1.165, 1.54) is 5.56 Å². The summed E-state index contributed by atoms with van der Waals surface area (Å²) in [5.74, 6) is -0.565. The van der Waals surface area contributed by atoms with Gasteiger partial charge >= 0.3 is 5.97 Å². The normalized spacial score (nSPS) is 10.7. The van der Waals surface area contributed by atoms with Gasteiger partial charge in [-0.25, -0.2) is 14.5 Å². The zero-order valence-corrected chi connectivity index (χ0v) is 11.3. The Bertz CT molecular complexity index is 617. The summed E-state index contributed by atoms with van der Waals surface area (Å²) in [6.45, 7) is 6.09. The second-order valence-electron chi connectivity index (χ2n) is 4.59. The highest BCUT2D eigenvalue weighted by Gasteiger charge is 2.16. The van der Waals surface area contributed by atoms with Gasteiger partial charge in [-0.1, -0.05) is 13.0 Å². The summed E-state index contributed by atoms with van der Waals surface area (Å²) in [4.78, 5) is 15.1. The highest BCUT2D eigenvalue weighted by Crippen LogP contribution is 2.16. The quantitative estimate of drug-likeness (QED) is 0.916. The van der Waals surface area contributed by atoms with E-state index in [4.69, 9.17) is 5.11 Å². The van der Waals surface area contributed by atoms with Crippen LogP contribution in [0.15, 0.2) is 18.2 Å². The van der Waals surface area contributed by atoms with E-state index >= 15 is 0 Å². The van der Waals surface area contributed by atoms with Crippen molar-refractivity contribution in [3.8, 4) is 5.69 Å². The minimum atomic E-state index is -1.10. The van der Waals surface area contributed by atoms with Gasteiger partial charge in [0.2, 0.25) is 0 Å². The number of aromatic nitrogens is 3. The molecule has 0 radical (unpaired) electrons. The maximum absolute atomic E-state index is 11.0. The Morgan fingerprint density at radius 2 is 2.05 bits per heavy atom. The Morgan fingerprint density at radius 1 is 1.32 bits per heavy atom. The second-order valence-corrected chi connectivity index (χ2v) is 4.59. The molecule has 2 rings (SSSR count). The summed E-state index contributed by atoms with van der Waals surface area (Å²) in [7, 11) is 0. The van der Waals surface area contributed by atoms with Gasteiger partial charge < -0.3 is 5.11 Å². The lowest BCUT2D eigenvalue weighted by molar-refractivity contribution is 0.0683. The van der Waals surface area contributed by atoms with Gasteiger partial charge in [-0.15, -0.1) is 5.10 Å². The van der Waals surface area contributed by atoms with Crippen LogP contribution < -0.4 is 0 Å². The first-order valence-corrected chi connectivity index (χ1v) is 6.29. The van der Waals surface area contributed by atoms with Crippen LogP contribution in [0.2, 0.25) is 0 Å². The van der Waals surface area contributed by atoms with Gasteiger partial charge in [0.15, 0.2) is 0 Å². The average Bonchev–Trinajstić information content (AvgIpc) is 2.77. The fourth-order valence-electron chi connectivity index (χ4n) is 1.88. The van der Waals surface area contributed by atoms with E-state index in [0.717, 1.165) is 17.7 Å². The molecule has 1 N–H and O–H groups in total. The van der Waals surface area contributed by atoms with Gasteiger partial charge in [-0.05, 0) is 43.5 Å². The average molecular weight is 259 g/mol. The van der Waals surface area contributed by atoms with Crippen LogP contribution in [0.3, 0.4) is 0 Å². The Hall–Kier alpha value is -2.17. The highest BCUT2D eigenvalue weighted by atomic mass is 16.4. The molecule has 0 bridgehead atoms. The van der Waals surface area contributed by atoms with Gasteiger partial charge in [0.05, 0.1) is 5.69 Å². The zero-order valence-electron chi connectivity index (χ0n) is 11.3. The lowest BCUT2D eigenvalue weighted by Crippen LogP contribution is -2.04. The number of hydrogen-bond donors (Lipinski definition) is 1. The highest BCUT2D eigenvalue weighted by molar-refractivity contribution is 5.83. The Balaban J connectivity index is 2.52. The van der Waals surface area contributed by atoms with E-state index < -0.39 is 5.97 Å². The summed E-state index contributed by atoms with van der Waals surface area (Å²) >= 11 is 0. The van der Waals surface area contributed by atoms with Crippen LogP contribution in [-0.4, -0.2) is 25.8 Å². The minimum absolute atomic E-state index is 0.151. The first-order valence-electron chi connectivity index (χ1n) is 6.29. The van der Waals surface area contributed by atoms with Crippen LogP contribution in [0.4, 0.5) is 0 Å². The standard InChI is InChI=1S/C14H17N3O2/c1-4-5-12-15-13(14(18)19)16-17(12)11-7-6-9(2)10(3)8-11/h6-8H,4-5H2,1-3H3,(H,18,19). The molecule has 5 nitrogen and oxygen atoms in total. The number of carboxylic acids is 1. The lowest BCUT2D eigenvalue weighted by Gasteiger charge is -2.07. The van der Waals surface area contributed by atoms with Crippen LogP contribution in [0.5, 0.6) is 0 Å². The molecule has 0 aliphatic heterocycles. The summed E-state index contributed by atoms with van der Waals surface area (Å²) in [5, 5.41) is 13.1. The number of carbonyl (C=O) groups is 1. The van der Waals surface area contributed by atoms with Crippen molar-refractivity contribution in [2.45, 2.75) is 33.6 Å². The molecular weight excluding hydrogens is 242 g/mol. The van der Waals surface area contributed by atoms with E-state index in [2.05, 4.69) is 10.1 Å². The van der Waals surface area contributed by atoms with Crippen LogP contribution in [0, 0.1) is 13.8 Å². The first-order chi connectivity index (χ1) is 9.02. The number of nitrogens with zero attached hydrogens (tertiary/aromatic N) is 3. The molecule has 0 atom stereocenters. The molecule has 5 heteroatoms. The van der Waals surface area contributed by atoms with Gasteiger partial charge in [0.1, 0.15) is 5.82 Å². The Morgan fingerprint density at radius 3 is 2.63 bits per heavy atom. The SMILES string of the molecule is CCCc1nc(C(=O)O)nn1-c1ccc(C)c(C)c1. The molecule has 1 aromatic carbocycles. The van der Waals surface area contributed by atoms with Crippen molar-refractivity contribution in [3.63, 3.8) is 0 Å². The molecule has 0 spiro atoms. The third-order valence-corrected chi connectivity index (χ3v) is 3.07. The van der Waals surface area contributed by atoms with Crippen molar-refractivity contribution < 1.29 is 9.90 Å². The molecule has 0 saturated heterocycles. The van der Waals surface area contributed by atoms with Gasteiger partial charge in [-0.2, -0.15) is 0 Å². The summed E-state index contributed by atoms with van der Waals surface area (Å²) in [6.07, 6.45) is 1.59. The summed E-state index contributed by atoms with van der Waals surface area (Å²) < 4.78 is 1.62. The lowest BCUT2D eigenvalue weighted by atomic mass is 10.1. The largest absolute Gasteiger partial charge is 0.475 e. The molecule has 0 aliphatic carbocycles. The Kier molecular flexibility index (Phi) is 3.64. The molecular formula is C14H17N3O2. The number of hydrogen-bond acceptors (Lipinski definition) is 3. The molecule has 0 aliphatic rings. The number of aryl methyl sites for hydroxylation is 3. The minimum Gasteiger partial charge on any atom is -0.475 e. The van der Waals surface area contributed by atoms with E-state index in [-0.39, 0.29) is 5.82 Å². The van der Waals surface area contributed by atoms with Gasteiger partial charge in [0.25, 0.3) is 5.82 Å². The number of rotatable bonds is 4. The maximum atomic E-state index is 11.0. The van der Waals surface area contributed by atoms with Crippen molar-refractivity contribution in [2.24, 2.45) is 0 Å². The van der Waals surface area contributed by atoms with Crippen LogP contribution in [-0.2, 0) is 6.42 Å². The van der Waals surface area contributed by atoms with Crippen molar-refractivity contribution in [1.82, 2.24) is 14.8 Å². The second kappa shape index (κ2) is 5.22. The third kappa shape index (κ3) is 2.65. The summed E-state index contributed by atoms with van der Waals surface area (Å²) in [6, 6.07) is 5.93. The molecule has 1 heterocycles. The van der Waals surface area contributed by atoms with Crippen molar-refractivity contribution >= 4 is 5.97 Å². The van der Waals surface area contributed by atoms with E-state index in [0.29, 0.717) is 12.2 Å². The topological polar surface area (TPSA) is 68.0 Å². The van der Waals surface area contributed by atoms with Crippen molar-refractivity contribution in [3.05, 3.63) is 41.0 Å². The predicted octanol–water partition coefficient (Wildman–Crippen LogP) is 2.53. The fourth-order valence-corrected chi connectivity index (χ4v) is 1.88. The smallest absolute Gasteiger partial charge is 0.375 e. The van der Waals surface area contributed by atoms with E-state index in [1.807, 2.05) is 39.0 Å². The number of benzene rings is 1. The first kappa shape index (κ1) is 13.3. The Labute approximate surface area is 111 Å². The van der Waals surface area contributed by atoms with E-state index in [1.54, 1.807) is 4.68 Å². The fraction of sp³-hybridized carbons (Fsp3) is 0.357. The molecule has 19 heavy (non-hydrogen) atoms. The number of aromatic carboxylic acids is 1. The monoisotopic (exact) mass is 259 g/mol. The number of carboxylic acid groups (broad SMARTS) is 1. The molecule has 0 amide bonds. The predicted molar refractivity (Wildman–Crippen MR) is 71.8 cm³/mol. The van der Waals surface area contributed by atoms with Crippen molar-refractivity contribution in [1.29, 1.82) is 0 Å². The van der Waals surface area contributed by atoms with Crippen molar-refractivity contribution in [2.75, 3.05) is 0 Å².